The molecular formula is C65H126O19P2. The monoisotopic (exact) mass is 1270 g/mol. The molecule has 0 fully saturated rings. The highest BCUT2D eigenvalue weighted by Gasteiger charge is 2.17. The van der Waals surface area contributed by atoms with Crippen molar-refractivity contribution in [3.8, 4) is 11.5 Å². The molecule has 21 heteroatoms. The van der Waals surface area contributed by atoms with Gasteiger partial charge in [-0.15, -0.1) is 17.2 Å². The van der Waals surface area contributed by atoms with Crippen LogP contribution in [-0.4, -0.2) is 218 Å². The molecule has 0 aromatic heterocycles. The molecule has 0 saturated carbocycles. The Labute approximate surface area is 526 Å². The number of esters is 3. The van der Waals surface area contributed by atoms with E-state index in [-0.39, 0.29) is 42.1 Å². The van der Waals surface area contributed by atoms with Crippen LogP contribution in [0.15, 0.2) is 12.1 Å². The molecule has 3 unspecified atom stereocenters. The minimum atomic E-state index is -0.504. The van der Waals surface area contributed by atoms with E-state index in [9.17, 15) is 19.5 Å². The van der Waals surface area contributed by atoms with Gasteiger partial charge in [0, 0.05) is 26.2 Å². The minimum absolute atomic E-state index is 0.0236. The molecule has 1 rings (SSSR count). The number of rotatable bonds is 55. The van der Waals surface area contributed by atoms with E-state index in [0.29, 0.717) is 136 Å². The summed E-state index contributed by atoms with van der Waals surface area (Å²) < 4.78 is 80.8. The van der Waals surface area contributed by atoms with Gasteiger partial charge in [-0.05, 0) is 135 Å². The van der Waals surface area contributed by atoms with Gasteiger partial charge in [0.1, 0.15) is 17.8 Å². The summed E-state index contributed by atoms with van der Waals surface area (Å²) in [6.07, 6.45) is 18.1. The van der Waals surface area contributed by atoms with Gasteiger partial charge in [-0.1, -0.05) is 67.2 Å². The van der Waals surface area contributed by atoms with Crippen LogP contribution in [0.25, 0.3) is 0 Å². The van der Waals surface area contributed by atoms with Crippen molar-refractivity contribution in [1.82, 2.24) is 0 Å². The van der Waals surface area contributed by atoms with E-state index in [1.54, 1.807) is 6.92 Å². The third kappa shape index (κ3) is 66.1. The first-order valence-electron chi connectivity index (χ1n) is 32.2. The Morgan fingerprint density at radius 1 is 0.453 bits per heavy atom. The molecule has 1 aromatic carbocycles. The van der Waals surface area contributed by atoms with Crippen LogP contribution < -0.4 is 4.74 Å². The summed E-state index contributed by atoms with van der Waals surface area (Å²) in [5.74, 6) is 0.243. The first-order chi connectivity index (χ1) is 41.4. The number of benzene rings is 1. The third-order valence-electron chi connectivity index (χ3n) is 11.5. The highest BCUT2D eigenvalue weighted by molar-refractivity contribution is 7.38. The van der Waals surface area contributed by atoms with E-state index >= 15 is 0 Å². The summed E-state index contributed by atoms with van der Waals surface area (Å²) in [5.41, 5.74) is -0.0458. The molecule has 0 radical (unpaired) electrons. The highest BCUT2D eigenvalue weighted by Crippen LogP contribution is 2.31. The number of ether oxygens (including phenoxy) is 15. The average molecular weight is 1270 g/mol. The number of unbranched alkanes of at least 4 members (excludes halogenated alkanes) is 3. The predicted molar refractivity (Wildman–Crippen MR) is 349 cm³/mol. The molecule has 0 amide bonds. The van der Waals surface area contributed by atoms with Crippen molar-refractivity contribution in [2.45, 2.75) is 178 Å². The van der Waals surface area contributed by atoms with Gasteiger partial charge in [0.25, 0.3) is 0 Å². The number of methoxy groups -OCH3 is 1. The molecule has 0 aliphatic heterocycles. The molecule has 0 aliphatic rings. The van der Waals surface area contributed by atoms with Crippen molar-refractivity contribution in [3.05, 3.63) is 23.3 Å². The molecule has 0 spiro atoms. The van der Waals surface area contributed by atoms with Gasteiger partial charge in [-0.3, -0.25) is 9.59 Å². The fourth-order valence-corrected chi connectivity index (χ4v) is 9.45. The van der Waals surface area contributed by atoms with Crippen molar-refractivity contribution in [2.75, 3.05) is 184 Å². The van der Waals surface area contributed by atoms with Crippen LogP contribution in [0, 0.1) is 12.8 Å². The van der Waals surface area contributed by atoms with Crippen molar-refractivity contribution in [3.63, 3.8) is 0 Å². The number of carbonyl (C=O) groups excluding carboxylic acids is 3. The van der Waals surface area contributed by atoms with Crippen molar-refractivity contribution >= 4 is 35.1 Å². The minimum Gasteiger partial charge on any atom is -0.504 e. The summed E-state index contributed by atoms with van der Waals surface area (Å²) >= 11 is 0. The Morgan fingerprint density at radius 3 is 1.29 bits per heavy atom. The van der Waals surface area contributed by atoms with Gasteiger partial charge < -0.3 is 76.2 Å². The normalized spacial score (nSPS) is 11.9. The second-order valence-electron chi connectivity index (χ2n) is 21.7. The number of hydrogen-bond acceptors (Lipinski definition) is 19. The number of carbonyl (C=O) groups is 3. The molecule has 1 aromatic rings. The topological polar surface area (TPSA) is 210 Å². The Bertz CT molecular complexity index is 1630. The molecule has 0 saturated heterocycles. The van der Waals surface area contributed by atoms with Crippen LogP contribution in [0.5, 0.6) is 11.5 Å². The lowest BCUT2D eigenvalue weighted by molar-refractivity contribution is -0.156. The van der Waals surface area contributed by atoms with Crippen LogP contribution >= 0.6 is 17.2 Å². The summed E-state index contributed by atoms with van der Waals surface area (Å²) in [7, 11) is 3.51. The lowest BCUT2D eigenvalue weighted by Gasteiger charge is -2.19. The number of aromatic hydroxyl groups is 1. The van der Waals surface area contributed by atoms with Crippen LogP contribution in [-0.2, 0) is 75.9 Å². The van der Waals surface area contributed by atoms with E-state index in [2.05, 4.69) is 27.7 Å². The van der Waals surface area contributed by atoms with Gasteiger partial charge in [-0.2, -0.15) is 0 Å². The first-order valence-corrected chi connectivity index (χ1v) is 35.0. The summed E-state index contributed by atoms with van der Waals surface area (Å²) in [6.45, 7) is 37.7. The van der Waals surface area contributed by atoms with Crippen molar-refractivity contribution in [1.29, 1.82) is 0 Å². The van der Waals surface area contributed by atoms with E-state index in [1.807, 2.05) is 55.4 Å². The quantitative estimate of drug-likeness (QED) is 0.0278. The van der Waals surface area contributed by atoms with E-state index in [1.165, 1.54) is 91.0 Å². The number of phenolic OH excluding ortho intramolecular Hbond substituents is 1. The third-order valence-corrected chi connectivity index (χ3v) is 14.2. The maximum Gasteiger partial charge on any atom is 0.337 e. The Kier molecular flexibility index (Phi) is 67.0. The number of hydrogen-bond donors (Lipinski definition) is 1. The molecule has 19 nitrogen and oxygen atoms in total. The molecule has 510 valence electrons. The van der Waals surface area contributed by atoms with E-state index in [0.717, 1.165) is 66.6 Å². The van der Waals surface area contributed by atoms with Crippen LogP contribution in [0.1, 0.15) is 176 Å². The molecule has 0 aliphatic carbocycles. The number of aryl methyl sites for hydroxylation is 1. The maximum atomic E-state index is 11.7. The first kappa shape index (κ1) is 87.9. The van der Waals surface area contributed by atoms with Crippen LogP contribution in [0.4, 0.5) is 0 Å². The molecule has 0 heterocycles. The molecule has 3 atom stereocenters. The molecule has 0 bridgehead atoms. The van der Waals surface area contributed by atoms with E-state index < -0.39 is 11.6 Å². The molecule has 86 heavy (non-hydrogen) atoms. The standard InChI is InChI=1S/C32H54O14.C24H50O4P2.C7H16O.C2H6/c1-26-24-27(31(35)36-5)25-28(30(26)34)45-23-22-44-21-20-43-19-18-42-17-16-41-15-14-40-13-12-39-11-10-38-9-8-37-7-6-29(33)46-32(2,3)4;1-6-18-29-19-12-22(7-2)13-20-30-21-17-27-16-15-26-14-10-8-9-11-23(25)28-24(3,4)5;1-3-5-7-8-6-4-2;1-2/h24-25,34H,6-23H2,1-5H3;22,29-30H,6-21H2,1-5H3;3-7H2,1-2H3;1-2H3. The van der Waals surface area contributed by atoms with E-state index in [4.69, 9.17) is 71.1 Å². The van der Waals surface area contributed by atoms with Crippen molar-refractivity contribution in [2.24, 2.45) is 5.92 Å². The predicted octanol–water partition coefficient (Wildman–Crippen LogP) is 12.5. The molecular weight excluding hydrogens is 1150 g/mol. The zero-order valence-electron chi connectivity index (χ0n) is 56.6. The van der Waals surface area contributed by atoms with Gasteiger partial charge >= 0.3 is 17.9 Å². The van der Waals surface area contributed by atoms with Gasteiger partial charge in [-0.25, -0.2) is 4.79 Å². The zero-order chi connectivity index (χ0) is 64.6. The second kappa shape index (κ2) is 65.6. The lowest BCUT2D eigenvalue weighted by atomic mass is 10.0. The lowest BCUT2D eigenvalue weighted by Crippen LogP contribution is -2.24. The summed E-state index contributed by atoms with van der Waals surface area (Å²) in [5, 5.41) is 10.1. The highest BCUT2D eigenvalue weighted by atomic mass is 31.1. The summed E-state index contributed by atoms with van der Waals surface area (Å²) in [4.78, 5) is 34.9. The Balaban J connectivity index is -0.00000147. The smallest absolute Gasteiger partial charge is 0.337 e. The fourth-order valence-electron chi connectivity index (χ4n) is 7.09. The Morgan fingerprint density at radius 2 is 0.860 bits per heavy atom. The van der Waals surface area contributed by atoms with Gasteiger partial charge in [0.05, 0.1) is 145 Å². The maximum absolute atomic E-state index is 11.7. The number of phenols is 1. The molecule has 1 N–H and O–H groups in total. The largest absolute Gasteiger partial charge is 0.504 e. The second-order valence-corrected chi connectivity index (χ2v) is 24.7. The van der Waals surface area contributed by atoms with Gasteiger partial charge in [0.2, 0.25) is 0 Å². The van der Waals surface area contributed by atoms with Crippen molar-refractivity contribution < 1.29 is 90.5 Å². The van der Waals surface area contributed by atoms with Crippen LogP contribution in [0.3, 0.4) is 0 Å². The Hall–Kier alpha value is -2.35. The summed E-state index contributed by atoms with van der Waals surface area (Å²) in [6, 6.07) is 2.97. The SMILES string of the molecule is CC.CCCCOCCC.CCCPCCC(CC)CCPCCOCCOCCCCCC(=O)OC(C)(C)C.COC(=O)c1cc(C)c(O)c(OCCOCCOCCOCCOCCOCCOCCOCCOCCC(=O)OC(C)(C)C)c1. The fraction of sp³-hybridized carbons (Fsp3) is 0.862. The van der Waals surface area contributed by atoms with Gasteiger partial charge in [0.15, 0.2) is 11.5 Å². The van der Waals surface area contributed by atoms with Crippen LogP contribution in [0.2, 0.25) is 0 Å². The average Bonchev–Trinajstić information content (AvgIpc) is 2.88. The zero-order valence-corrected chi connectivity index (χ0v) is 58.6.